The largest absolute Gasteiger partial charge is 0.391 e. The summed E-state index contributed by atoms with van der Waals surface area (Å²) in [5, 5.41) is 2.20. The second-order valence-electron chi connectivity index (χ2n) is 6.49. The fourth-order valence-electron chi connectivity index (χ4n) is 3.50. The van der Waals surface area contributed by atoms with E-state index in [1.54, 1.807) is 6.07 Å². The fraction of sp³-hybridized carbons (Fsp3) is 0.412. The quantitative estimate of drug-likeness (QED) is 0.205. The summed E-state index contributed by atoms with van der Waals surface area (Å²) in [6.45, 7) is 3.44. The van der Waals surface area contributed by atoms with Gasteiger partial charge in [0.05, 0.1) is 0 Å². The van der Waals surface area contributed by atoms with Crippen LogP contribution in [-0.4, -0.2) is 63.9 Å². The molecular weight excluding hydrogens is 713 g/mol. The molecule has 0 aromatic heterocycles. The number of carbonyl (C=O) groups excluding carboxylic acids is 4. The number of benzene rings is 1. The average molecular weight is 729 g/mol. The van der Waals surface area contributed by atoms with Gasteiger partial charge in [0.25, 0.3) is 0 Å². The topological polar surface area (TPSA) is 90.0 Å². The Bertz CT molecular complexity index is 825. The molecule has 1 N–H and O–H groups in total. The summed E-state index contributed by atoms with van der Waals surface area (Å²) in [5.41, 5.74) is 1.33. The summed E-state index contributed by atoms with van der Waals surface area (Å²) in [6, 6.07) is 5.38. The van der Waals surface area contributed by atoms with E-state index in [-0.39, 0.29) is 24.3 Å². The zero-order valence-corrected chi connectivity index (χ0v) is 18.4. The molecule has 0 saturated carbocycles. The molecule has 1 unspecified atom stereocenters. The first kappa shape index (κ1) is 18.8. The molecular formula is C17H16ILrN4O4-. The molecule has 3 heterocycles. The second kappa shape index (κ2) is 6.95. The van der Waals surface area contributed by atoms with Gasteiger partial charge in [0.2, 0.25) is 23.6 Å². The number of halogens is 1. The molecule has 1 atom stereocenters. The summed E-state index contributed by atoms with van der Waals surface area (Å²) in [5.74, 6) is -1.97. The monoisotopic (exact) mass is 729 g/mol. The molecule has 0 bridgehead atoms. The molecule has 1 radical (unpaired) electrons. The molecule has 2 saturated heterocycles. The summed E-state index contributed by atoms with van der Waals surface area (Å²) in [7, 11) is 0. The molecule has 1 aromatic rings. The minimum atomic E-state index is -0.939. The van der Waals surface area contributed by atoms with Crippen LogP contribution in [0.2, 0.25) is 0 Å². The number of rotatable bonds is 2. The number of carbonyl (C=O) groups is 4. The number of fused-ring (bicyclic) bond motifs is 1. The van der Waals surface area contributed by atoms with Crippen LogP contribution in [0.5, 0.6) is 0 Å². The molecule has 3 aliphatic rings. The van der Waals surface area contributed by atoms with Crippen molar-refractivity contribution < 1.29 is 19.2 Å². The molecule has 8 nitrogen and oxygen atoms in total. The maximum Gasteiger partial charge on any atom is 0.249 e. The van der Waals surface area contributed by atoms with Crippen LogP contribution in [0.15, 0.2) is 12.1 Å². The van der Waals surface area contributed by atoms with Crippen molar-refractivity contribution in [2.45, 2.75) is 18.9 Å². The van der Waals surface area contributed by atoms with Crippen LogP contribution in [0.1, 0.15) is 33.6 Å². The van der Waals surface area contributed by atoms with E-state index >= 15 is 0 Å². The van der Waals surface area contributed by atoms with Crippen molar-refractivity contribution in [3.05, 3.63) is 29.3 Å². The van der Waals surface area contributed by atoms with Gasteiger partial charge in [0.1, 0.15) is 6.04 Å². The van der Waals surface area contributed by atoms with E-state index in [4.69, 9.17) is 0 Å². The number of nitrogens with one attached hydrogen (secondary N) is 1. The molecule has 151 valence electrons. The Balaban J connectivity index is 0.00000210. The number of piperazine rings is 1. The molecule has 0 spiro atoms. The van der Waals surface area contributed by atoms with Gasteiger partial charge >= 0.3 is 0 Å². The van der Waals surface area contributed by atoms with Crippen molar-refractivity contribution in [3.8, 4) is 0 Å². The molecule has 2 fully saturated rings. The third-order valence-electron chi connectivity index (χ3n) is 4.92. The Morgan fingerprint density at radius 1 is 1.04 bits per heavy atom. The van der Waals surface area contributed by atoms with Crippen molar-refractivity contribution >= 4 is 52.2 Å². The van der Waals surface area contributed by atoms with Gasteiger partial charge in [0, 0.05) is 55.5 Å². The molecule has 27 heavy (non-hydrogen) atoms. The van der Waals surface area contributed by atoms with Crippen LogP contribution >= 0.6 is 22.9 Å². The second-order valence-corrected chi connectivity index (χ2v) is 7.85. The number of piperidine rings is 1. The Labute approximate surface area is 164 Å². The van der Waals surface area contributed by atoms with Crippen LogP contribution in [0, 0.1) is 6.07 Å². The first-order valence-corrected chi connectivity index (χ1v) is 9.35. The Morgan fingerprint density at radius 3 is 2.37 bits per heavy atom. The number of amides is 4. The average Bonchev–Trinajstić information content (AvgIpc) is 2.87. The van der Waals surface area contributed by atoms with Gasteiger partial charge in [-0.15, -0.1) is 6.07 Å². The first-order chi connectivity index (χ1) is 12.5. The van der Waals surface area contributed by atoms with Gasteiger partial charge in [0.15, 0.2) is 0 Å². The third-order valence-corrected chi connectivity index (χ3v) is 5.89. The maximum absolute atomic E-state index is 12.8. The van der Waals surface area contributed by atoms with E-state index in [0.29, 0.717) is 5.56 Å². The van der Waals surface area contributed by atoms with Crippen LogP contribution < -0.4 is 10.2 Å². The van der Waals surface area contributed by atoms with Crippen LogP contribution in [0.25, 0.3) is 0 Å². The van der Waals surface area contributed by atoms with Gasteiger partial charge < -0.3 is 4.90 Å². The maximum atomic E-state index is 12.8. The van der Waals surface area contributed by atoms with Crippen LogP contribution in [0.3, 0.4) is 0 Å². The molecule has 4 rings (SSSR count). The Kier molecular flexibility index (Phi) is 4.83. The van der Waals surface area contributed by atoms with Crippen molar-refractivity contribution in [1.29, 1.82) is 0 Å². The zero-order valence-electron chi connectivity index (χ0n) is 14.1. The first-order valence-electron chi connectivity index (χ1n) is 8.38. The van der Waals surface area contributed by atoms with Crippen molar-refractivity contribution in [3.63, 3.8) is 0 Å². The Morgan fingerprint density at radius 2 is 1.70 bits per heavy atom. The Hall–Kier alpha value is -3.01. The number of hydrogen-bond donors (Lipinski definition) is 1. The smallest absolute Gasteiger partial charge is 0.249 e. The zero-order chi connectivity index (χ0) is 18.4. The standard InChI is InChI=1S/C17H16IN4O4.Lr/c18-21-7-5-20(6-8-21)10-1-2-11-12(9-10)17(26)22(16(11)25)13-3-4-14(23)19-15(13)24;/h2,9,13H,3-8H2,(H,19,23,24);/q-1;. The van der Waals surface area contributed by atoms with E-state index < -0.39 is 23.8 Å². The van der Waals surface area contributed by atoms with Crippen LogP contribution in [0.4, 0.5) is 5.69 Å². The van der Waals surface area contributed by atoms with E-state index in [1.807, 2.05) is 0 Å². The van der Waals surface area contributed by atoms with E-state index in [1.165, 1.54) is 6.07 Å². The molecule has 3 aliphatic heterocycles. The number of nitrogens with zero attached hydrogens (tertiary/aromatic N) is 3. The molecule has 10 heteroatoms. The SMILES string of the molecule is O=C1CCC(N2C(=O)c3c[c-]c(N4CCN(I)CC4)cc3C2=O)C(=O)N1.[Lr]. The van der Waals surface area contributed by atoms with E-state index in [9.17, 15) is 19.2 Å². The van der Waals surface area contributed by atoms with Gasteiger partial charge in [-0.1, -0.05) is 16.8 Å². The third kappa shape index (κ3) is 3.12. The minimum Gasteiger partial charge on any atom is -0.391 e. The van der Waals surface area contributed by atoms with Crippen molar-refractivity contribution in [2.75, 3.05) is 31.1 Å². The summed E-state index contributed by atoms with van der Waals surface area (Å²) in [4.78, 5) is 52.0. The number of hydrogen-bond acceptors (Lipinski definition) is 6. The normalized spacial score (nSPS) is 23.2. The van der Waals surface area contributed by atoms with Crippen molar-refractivity contribution in [2.24, 2.45) is 0 Å². The fourth-order valence-corrected chi connectivity index (χ4v) is 3.93. The minimum absolute atomic E-state index is 0. The van der Waals surface area contributed by atoms with Crippen molar-refractivity contribution in [1.82, 2.24) is 13.3 Å². The van der Waals surface area contributed by atoms with E-state index in [2.05, 4.69) is 42.3 Å². The summed E-state index contributed by atoms with van der Waals surface area (Å²) in [6.07, 6.45) is 0.270. The number of imide groups is 2. The van der Waals surface area contributed by atoms with Gasteiger partial charge in [-0.25, -0.2) is 3.11 Å². The predicted octanol–water partition coefficient (Wildman–Crippen LogP) is 0.360. The predicted molar refractivity (Wildman–Crippen MR) is 99.8 cm³/mol. The molecule has 1 aromatic carbocycles. The summed E-state index contributed by atoms with van der Waals surface area (Å²) < 4.78 is 2.20. The van der Waals surface area contributed by atoms with Gasteiger partial charge in [-0.3, -0.25) is 29.4 Å². The summed E-state index contributed by atoms with van der Waals surface area (Å²) >= 11 is 2.28. The molecule has 0 aliphatic carbocycles. The van der Waals surface area contributed by atoms with Crippen LogP contribution in [-0.2, 0) is 9.59 Å². The van der Waals surface area contributed by atoms with Gasteiger partial charge in [-0.05, 0) is 6.42 Å². The van der Waals surface area contributed by atoms with E-state index in [0.717, 1.165) is 36.8 Å². The molecule has 4 amide bonds. The number of anilines is 1. The van der Waals surface area contributed by atoms with Gasteiger partial charge in [-0.2, -0.15) is 12.1 Å².